The average Bonchev–Trinajstić information content (AvgIpc) is 2.89. The van der Waals surface area contributed by atoms with Crippen molar-refractivity contribution in [1.82, 2.24) is 20.2 Å². The van der Waals surface area contributed by atoms with Crippen molar-refractivity contribution in [1.29, 1.82) is 0 Å². The molecule has 1 saturated heterocycles. The van der Waals surface area contributed by atoms with Crippen LogP contribution < -0.4 is 21.3 Å². The third kappa shape index (κ3) is 6.62. The van der Waals surface area contributed by atoms with Crippen molar-refractivity contribution in [3.63, 3.8) is 0 Å². The molecule has 0 saturated carbocycles. The molecule has 0 aliphatic carbocycles. The first kappa shape index (κ1) is 24.3. The molecular formula is C26H31N7O2. The maximum Gasteiger partial charge on any atom is 0.251 e. The van der Waals surface area contributed by atoms with Gasteiger partial charge in [-0.3, -0.25) is 14.5 Å². The molecule has 9 nitrogen and oxygen atoms in total. The number of nitrogens with two attached hydrogens (primary N) is 1. The fraction of sp³-hybridized carbons (Fsp3) is 0.308. The number of nitrogens with zero attached hydrogens (tertiary/aromatic N) is 4. The van der Waals surface area contributed by atoms with Gasteiger partial charge in [-0.2, -0.15) is 0 Å². The van der Waals surface area contributed by atoms with E-state index < -0.39 is 0 Å². The third-order valence-corrected chi connectivity index (χ3v) is 6.00. The number of amides is 2. The maximum atomic E-state index is 12.8. The van der Waals surface area contributed by atoms with E-state index in [9.17, 15) is 9.59 Å². The zero-order valence-corrected chi connectivity index (χ0v) is 19.9. The van der Waals surface area contributed by atoms with Gasteiger partial charge in [0.25, 0.3) is 5.91 Å². The number of benzene rings is 2. The van der Waals surface area contributed by atoms with Crippen LogP contribution in [0.4, 0.5) is 11.6 Å². The standard InChI is InChI=1S/C26H31N7O2/c1-19(34)31-24-15-22(25(35)30-17-21-5-3-20(16-27)4-6-21)7-8-23(24)18-32-11-13-33(14-12-32)26-28-9-2-10-29-26/h2-10,15H,11-14,16-18,27H2,1H3,(H,30,35)(H,31,34). The quantitative estimate of drug-likeness (QED) is 0.459. The number of aromatic nitrogens is 2. The summed E-state index contributed by atoms with van der Waals surface area (Å²) in [5.74, 6) is 0.383. The van der Waals surface area contributed by atoms with Crippen molar-refractivity contribution in [2.45, 2.75) is 26.6 Å². The molecule has 2 amide bonds. The number of carbonyl (C=O) groups excluding carboxylic acids is 2. The lowest BCUT2D eigenvalue weighted by Crippen LogP contribution is -2.46. The van der Waals surface area contributed by atoms with Gasteiger partial charge in [-0.1, -0.05) is 30.3 Å². The highest BCUT2D eigenvalue weighted by atomic mass is 16.2. The average molecular weight is 474 g/mol. The van der Waals surface area contributed by atoms with E-state index in [0.717, 1.165) is 48.8 Å². The SMILES string of the molecule is CC(=O)Nc1cc(C(=O)NCc2ccc(CN)cc2)ccc1CN1CCN(c2ncccn2)CC1. The van der Waals surface area contributed by atoms with Gasteiger partial charge in [0.1, 0.15) is 0 Å². The van der Waals surface area contributed by atoms with E-state index in [1.165, 1.54) is 6.92 Å². The highest BCUT2D eigenvalue weighted by Crippen LogP contribution is 2.22. The van der Waals surface area contributed by atoms with Crippen LogP contribution in [-0.4, -0.2) is 52.9 Å². The number of hydrogen-bond acceptors (Lipinski definition) is 7. The van der Waals surface area contributed by atoms with Crippen molar-refractivity contribution in [3.05, 3.63) is 83.2 Å². The topological polar surface area (TPSA) is 116 Å². The first-order valence-corrected chi connectivity index (χ1v) is 11.7. The summed E-state index contributed by atoms with van der Waals surface area (Å²) in [7, 11) is 0. The Morgan fingerprint density at radius 3 is 2.31 bits per heavy atom. The van der Waals surface area contributed by atoms with Crippen molar-refractivity contribution in [3.8, 4) is 0 Å². The first-order valence-electron chi connectivity index (χ1n) is 11.7. The summed E-state index contributed by atoms with van der Waals surface area (Å²) in [5.41, 5.74) is 9.81. The van der Waals surface area contributed by atoms with Gasteiger partial charge in [0.05, 0.1) is 0 Å². The monoisotopic (exact) mass is 473 g/mol. The summed E-state index contributed by atoms with van der Waals surface area (Å²) in [4.78, 5) is 37.8. The highest BCUT2D eigenvalue weighted by molar-refractivity contribution is 5.97. The molecule has 1 aromatic heterocycles. The van der Waals surface area contributed by atoms with E-state index in [-0.39, 0.29) is 11.8 Å². The number of rotatable bonds is 8. The summed E-state index contributed by atoms with van der Waals surface area (Å²) in [6.45, 7) is 6.40. The minimum Gasteiger partial charge on any atom is -0.348 e. The summed E-state index contributed by atoms with van der Waals surface area (Å²) in [6.07, 6.45) is 3.51. The Hall–Kier alpha value is -3.82. The maximum absolute atomic E-state index is 12.8. The minimum absolute atomic E-state index is 0.171. The largest absolute Gasteiger partial charge is 0.348 e. The van der Waals surface area contributed by atoms with Gasteiger partial charge in [0, 0.05) is 76.4 Å². The molecule has 2 aromatic carbocycles. The second-order valence-electron chi connectivity index (χ2n) is 8.57. The molecule has 3 aromatic rings. The van der Waals surface area contributed by atoms with Crippen LogP contribution in [0.3, 0.4) is 0 Å². The predicted molar refractivity (Wildman–Crippen MR) is 136 cm³/mol. The second kappa shape index (κ2) is 11.5. The van der Waals surface area contributed by atoms with E-state index in [0.29, 0.717) is 30.9 Å². The Bertz CT molecular complexity index is 1140. The van der Waals surface area contributed by atoms with Gasteiger partial charge in [-0.15, -0.1) is 0 Å². The summed E-state index contributed by atoms with van der Waals surface area (Å²) >= 11 is 0. The lowest BCUT2D eigenvalue weighted by Gasteiger charge is -2.35. The molecule has 1 aliphatic heterocycles. The molecule has 35 heavy (non-hydrogen) atoms. The van der Waals surface area contributed by atoms with Crippen LogP contribution in [-0.2, 0) is 24.4 Å². The number of piperazine rings is 1. The Morgan fingerprint density at radius 2 is 1.66 bits per heavy atom. The number of carbonyl (C=O) groups is 2. The molecule has 9 heteroatoms. The van der Waals surface area contributed by atoms with Crippen LogP contribution in [0.15, 0.2) is 60.9 Å². The molecule has 0 radical (unpaired) electrons. The molecule has 2 heterocycles. The van der Waals surface area contributed by atoms with E-state index in [1.807, 2.05) is 42.5 Å². The van der Waals surface area contributed by atoms with Gasteiger partial charge >= 0.3 is 0 Å². The Labute approximate surface area is 205 Å². The zero-order chi connectivity index (χ0) is 24.6. The van der Waals surface area contributed by atoms with Crippen LogP contribution in [0.2, 0.25) is 0 Å². The number of anilines is 2. The fourth-order valence-electron chi connectivity index (χ4n) is 4.04. The molecular weight excluding hydrogens is 442 g/mol. The molecule has 0 spiro atoms. The van der Waals surface area contributed by atoms with E-state index in [1.54, 1.807) is 18.5 Å². The lowest BCUT2D eigenvalue weighted by atomic mass is 10.1. The molecule has 0 bridgehead atoms. The summed E-state index contributed by atoms with van der Waals surface area (Å²) < 4.78 is 0. The number of hydrogen-bond donors (Lipinski definition) is 3. The molecule has 1 aliphatic rings. The molecule has 0 unspecified atom stereocenters. The first-order chi connectivity index (χ1) is 17.0. The van der Waals surface area contributed by atoms with Crippen LogP contribution in [0.5, 0.6) is 0 Å². The Morgan fingerprint density at radius 1 is 0.971 bits per heavy atom. The molecule has 4 N–H and O–H groups in total. The van der Waals surface area contributed by atoms with Crippen molar-refractivity contribution in [2.75, 3.05) is 36.4 Å². The van der Waals surface area contributed by atoms with Crippen molar-refractivity contribution >= 4 is 23.5 Å². The molecule has 0 atom stereocenters. The van der Waals surface area contributed by atoms with Gasteiger partial charge in [0.2, 0.25) is 11.9 Å². The van der Waals surface area contributed by atoms with Gasteiger partial charge < -0.3 is 21.3 Å². The molecule has 4 rings (SSSR count). The minimum atomic E-state index is -0.192. The molecule has 1 fully saturated rings. The molecule has 182 valence electrons. The van der Waals surface area contributed by atoms with E-state index in [4.69, 9.17) is 5.73 Å². The van der Waals surface area contributed by atoms with Gasteiger partial charge in [0.15, 0.2) is 0 Å². The van der Waals surface area contributed by atoms with Crippen LogP contribution in [0.1, 0.15) is 34.0 Å². The van der Waals surface area contributed by atoms with Gasteiger partial charge in [-0.05, 0) is 34.9 Å². The Balaban J connectivity index is 1.39. The third-order valence-electron chi connectivity index (χ3n) is 6.00. The lowest BCUT2D eigenvalue weighted by molar-refractivity contribution is -0.114. The Kier molecular flexibility index (Phi) is 8.02. The van der Waals surface area contributed by atoms with E-state index >= 15 is 0 Å². The normalized spacial score (nSPS) is 13.9. The zero-order valence-electron chi connectivity index (χ0n) is 19.9. The van der Waals surface area contributed by atoms with Crippen molar-refractivity contribution in [2.24, 2.45) is 5.73 Å². The highest BCUT2D eigenvalue weighted by Gasteiger charge is 2.20. The fourth-order valence-corrected chi connectivity index (χ4v) is 4.04. The summed E-state index contributed by atoms with van der Waals surface area (Å²) in [6, 6.07) is 15.1. The van der Waals surface area contributed by atoms with Crippen LogP contribution in [0.25, 0.3) is 0 Å². The second-order valence-corrected chi connectivity index (χ2v) is 8.57. The number of nitrogens with one attached hydrogen (secondary N) is 2. The van der Waals surface area contributed by atoms with E-state index in [2.05, 4.69) is 30.4 Å². The smallest absolute Gasteiger partial charge is 0.251 e. The summed E-state index contributed by atoms with van der Waals surface area (Å²) in [5, 5.41) is 5.84. The predicted octanol–water partition coefficient (Wildman–Crippen LogP) is 2.15. The van der Waals surface area contributed by atoms with Gasteiger partial charge in [-0.25, -0.2) is 9.97 Å². The van der Waals surface area contributed by atoms with Crippen LogP contribution in [0, 0.1) is 0 Å². The van der Waals surface area contributed by atoms with Crippen molar-refractivity contribution < 1.29 is 9.59 Å². The van der Waals surface area contributed by atoms with Crippen LogP contribution >= 0.6 is 0 Å².